The molecule has 5 aromatic rings. The molecule has 1 atom stereocenters. The van der Waals surface area contributed by atoms with Crippen LogP contribution in [0, 0.1) is 0 Å². The number of imidazole rings is 1. The molecule has 0 radical (unpaired) electrons. The average molecular weight is 409 g/mol. The molecule has 152 valence electrons. The Bertz CT molecular complexity index is 1290. The fraction of sp³-hybridized carbons (Fsp3) is 0.130. The van der Waals surface area contributed by atoms with Crippen LogP contribution in [0.3, 0.4) is 0 Å². The molecule has 1 aliphatic heterocycles. The summed E-state index contributed by atoms with van der Waals surface area (Å²) in [5, 5.41) is 4.80. The first-order valence-electron chi connectivity index (χ1n) is 10.1. The van der Waals surface area contributed by atoms with E-state index in [4.69, 9.17) is 9.84 Å². The van der Waals surface area contributed by atoms with Gasteiger partial charge in [0.05, 0.1) is 35.6 Å². The number of hydrogen-bond donors (Lipinski definition) is 1. The molecule has 0 amide bonds. The summed E-state index contributed by atoms with van der Waals surface area (Å²) in [4.78, 5) is 19.2. The largest absolute Gasteiger partial charge is 0.454 e. The zero-order chi connectivity index (χ0) is 20.6. The number of H-pyrrole nitrogens is 1. The Labute approximate surface area is 178 Å². The molecule has 6 rings (SSSR count). The van der Waals surface area contributed by atoms with Crippen molar-refractivity contribution in [2.24, 2.45) is 0 Å². The monoisotopic (exact) mass is 409 g/mol. The van der Waals surface area contributed by atoms with Crippen molar-refractivity contribution in [3.63, 3.8) is 0 Å². The van der Waals surface area contributed by atoms with Crippen molar-refractivity contribution in [1.82, 2.24) is 29.5 Å². The maximum atomic E-state index is 5.84. The minimum atomic E-state index is -0.171. The number of anilines is 1. The van der Waals surface area contributed by atoms with Gasteiger partial charge in [0.2, 0.25) is 5.95 Å². The van der Waals surface area contributed by atoms with Gasteiger partial charge in [-0.1, -0.05) is 24.3 Å². The molecule has 0 saturated heterocycles. The Morgan fingerprint density at radius 1 is 0.935 bits per heavy atom. The maximum Gasteiger partial charge on any atom is 0.226 e. The van der Waals surface area contributed by atoms with E-state index >= 15 is 0 Å². The smallest absolute Gasteiger partial charge is 0.226 e. The number of benzene rings is 1. The van der Waals surface area contributed by atoms with Gasteiger partial charge in [0.25, 0.3) is 0 Å². The number of hydrogen-bond acceptors (Lipinski definition) is 6. The van der Waals surface area contributed by atoms with E-state index in [1.54, 1.807) is 18.7 Å². The molecule has 0 fully saturated rings. The Balaban J connectivity index is 1.36. The van der Waals surface area contributed by atoms with Crippen LogP contribution < -0.4 is 9.64 Å². The third kappa shape index (κ3) is 3.18. The van der Waals surface area contributed by atoms with Crippen LogP contribution in [0.25, 0.3) is 5.52 Å². The topological polar surface area (TPSA) is 84.2 Å². The number of pyridine rings is 1. The first kappa shape index (κ1) is 17.6. The number of rotatable bonds is 4. The lowest BCUT2D eigenvalue weighted by atomic mass is 10.0. The second kappa shape index (κ2) is 7.24. The highest BCUT2D eigenvalue weighted by molar-refractivity contribution is 5.52. The van der Waals surface area contributed by atoms with Gasteiger partial charge in [0, 0.05) is 24.9 Å². The van der Waals surface area contributed by atoms with Crippen LogP contribution >= 0.6 is 0 Å². The molecule has 1 N–H and O–H groups in total. The zero-order valence-corrected chi connectivity index (χ0v) is 16.6. The third-order valence-electron chi connectivity index (χ3n) is 5.44. The number of aromatic nitrogens is 6. The lowest BCUT2D eigenvalue weighted by Crippen LogP contribution is -2.37. The Morgan fingerprint density at radius 3 is 2.61 bits per heavy atom. The van der Waals surface area contributed by atoms with Gasteiger partial charge in [-0.2, -0.15) is 5.10 Å². The molecule has 0 spiro atoms. The number of ether oxygens (including phenoxy) is 1. The Morgan fingerprint density at radius 2 is 1.77 bits per heavy atom. The third-order valence-corrected chi connectivity index (χ3v) is 5.44. The van der Waals surface area contributed by atoms with Crippen LogP contribution in [-0.2, 0) is 6.42 Å². The first-order valence-corrected chi connectivity index (χ1v) is 10.1. The number of nitrogens with one attached hydrogen (secondary N) is 1. The molecule has 8 heteroatoms. The van der Waals surface area contributed by atoms with Gasteiger partial charge in [-0.25, -0.2) is 19.5 Å². The van der Waals surface area contributed by atoms with E-state index in [9.17, 15) is 0 Å². The molecule has 0 bridgehead atoms. The molecule has 0 aliphatic carbocycles. The lowest BCUT2D eigenvalue weighted by Gasteiger charge is -2.33. The zero-order valence-electron chi connectivity index (χ0n) is 16.6. The number of aromatic amines is 1. The molecule has 1 aromatic carbocycles. The van der Waals surface area contributed by atoms with Gasteiger partial charge in [-0.05, 0) is 30.3 Å². The normalized spacial score (nSPS) is 15.7. The second-order valence-corrected chi connectivity index (χ2v) is 7.39. The highest BCUT2D eigenvalue weighted by atomic mass is 16.5. The number of para-hydroxylation sites is 1. The van der Waals surface area contributed by atoms with Crippen molar-refractivity contribution in [2.45, 2.75) is 12.5 Å². The van der Waals surface area contributed by atoms with Crippen LogP contribution in [0.1, 0.15) is 23.1 Å². The Kier molecular flexibility index (Phi) is 4.12. The highest BCUT2D eigenvalue weighted by Gasteiger charge is 2.34. The number of nitrogens with zero attached hydrogens (tertiary/aromatic N) is 6. The molecule has 0 unspecified atom stereocenters. The van der Waals surface area contributed by atoms with Crippen LogP contribution in [0.2, 0.25) is 0 Å². The van der Waals surface area contributed by atoms with Gasteiger partial charge in [0.1, 0.15) is 11.8 Å². The van der Waals surface area contributed by atoms with Crippen molar-refractivity contribution in [3.8, 4) is 11.5 Å². The predicted molar refractivity (Wildman–Crippen MR) is 115 cm³/mol. The van der Waals surface area contributed by atoms with Crippen molar-refractivity contribution in [2.75, 3.05) is 11.4 Å². The summed E-state index contributed by atoms with van der Waals surface area (Å²) < 4.78 is 7.72. The van der Waals surface area contributed by atoms with Crippen molar-refractivity contribution < 1.29 is 4.74 Å². The van der Waals surface area contributed by atoms with E-state index < -0.39 is 0 Å². The summed E-state index contributed by atoms with van der Waals surface area (Å²) in [6.07, 6.45) is 7.94. The van der Waals surface area contributed by atoms with E-state index in [2.05, 4.69) is 30.9 Å². The van der Waals surface area contributed by atoms with Crippen molar-refractivity contribution in [1.29, 1.82) is 0 Å². The molecule has 4 aromatic heterocycles. The SMILES string of the molecule is c1ccc(Oc2cnc(N3CCc4[nH]cnc4[C@@H]3c3cc4ccccn4n3)nc2)cc1. The summed E-state index contributed by atoms with van der Waals surface area (Å²) in [6.45, 7) is 0.757. The van der Waals surface area contributed by atoms with Crippen LogP contribution in [0.15, 0.2) is 79.5 Å². The summed E-state index contributed by atoms with van der Waals surface area (Å²) in [7, 11) is 0. The molecular formula is C23H19N7O. The van der Waals surface area contributed by atoms with Gasteiger partial charge in [0.15, 0.2) is 5.75 Å². The predicted octanol–water partition coefficient (Wildman–Crippen LogP) is 3.79. The van der Waals surface area contributed by atoms with Gasteiger partial charge >= 0.3 is 0 Å². The van der Waals surface area contributed by atoms with E-state index in [0.717, 1.165) is 41.3 Å². The fourth-order valence-electron chi connectivity index (χ4n) is 4.02. The first-order chi connectivity index (χ1) is 15.3. The van der Waals surface area contributed by atoms with Gasteiger partial charge in [-0.15, -0.1) is 0 Å². The number of fused-ring (bicyclic) bond motifs is 2. The fourth-order valence-corrected chi connectivity index (χ4v) is 4.02. The van der Waals surface area contributed by atoms with Crippen molar-refractivity contribution in [3.05, 3.63) is 96.6 Å². The quantitative estimate of drug-likeness (QED) is 0.486. The summed E-state index contributed by atoms with van der Waals surface area (Å²) in [5.41, 5.74) is 4.03. The summed E-state index contributed by atoms with van der Waals surface area (Å²) in [5.74, 6) is 1.97. The molecule has 1 aliphatic rings. The molecule has 8 nitrogen and oxygen atoms in total. The molecule has 31 heavy (non-hydrogen) atoms. The minimum Gasteiger partial charge on any atom is -0.454 e. The minimum absolute atomic E-state index is 0.171. The van der Waals surface area contributed by atoms with E-state index in [-0.39, 0.29) is 6.04 Å². The van der Waals surface area contributed by atoms with Gasteiger partial charge in [-0.3, -0.25) is 0 Å². The van der Waals surface area contributed by atoms with E-state index in [0.29, 0.717) is 11.7 Å². The second-order valence-electron chi connectivity index (χ2n) is 7.39. The average Bonchev–Trinajstić information content (AvgIpc) is 3.46. The van der Waals surface area contributed by atoms with Gasteiger partial charge < -0.3 is 14.6 Å². The molecule has 5 heterocycles. The van der Waals surface area contributed by atoms with Crippen LogP contribution in [0.4, 0.5) is 5.95 Å². The van der Waals surface area contributed by atoms with Crippen molar-refractivity contribution >= 4 is 11.5 Å². The van der Waals surface area contributed by atoms with E-state index in [1.807, 2.05) is 59.2 Å². The lowest BCUT2D eigenvalue weighted by molar-refractivity contribution is 0.476. The maximum absolute atomic E-state index is 5.84. The molecular weight excluding hydrogens is 390 g/mol. The molecule has 0 saturated carbocycles. The highest BCUT2D eigenvalue weighted by Crippen LogP contribution is 2.35. The standard InChI is InChI=1S/C23H19N7O/c1-2-7-17(8-3-1)31-18-13-24-23(25-14-18)29-11-9-19-21(27-15-26-19)22(29)20-12-16-6-4-5-10-30(16)28-20/h1-8,10,12-15,22H,9,11H2,(H,26,27)/t22-/m0/s1. The summed E-state index contributed by atoms with van der Waals surface area (Å²) >= 11 is 0. The summed E-state index contributed by atoms with van der Waals surface area (Å²) in [6, 6.07) is 17.6. The van der Waals surface area contributed by atoms with Crippen LogP contribution in [-0.4, -0.2) is 36.1 Å². The van der Waals surface area contributed by atoms with Crippen LogP contribution in [0.5, 0.6) is 11.5 Å². The van der Waals surface area contributed by atoms with E-state index in [1.165, 1.54) is 0 Å². The Hall–Kier alpha value is -4.20.